The van der Waals surface area contributed by atoms with E-state index in [1.807, 2.05) is 6.92 Å². The van der Waals surface area contributed by atoms with Crippen LogP contribution in [0, 0.1) is 0 Å². The van der Waals surface area contributed by atoms with Crippen LogP contribution in [0.5, 0.6) is 0 Å². The first kappa shape index (κ1) is 11.5. The molecule has 0 aliphatic rings. The van der Waals surface area contributed by atoms with Crippen molar-refractivity contribution in [3.05, 3.63) is 34.7 Å². The van der Waals surface area contributed by atoms with Gasteiger partial charge in [-0.05, 0) is 18.6 Å². The second kappa shape index (κ2) is 4.50. The summed E-state index contributed by atoms with van der Waals surface area (Å²) >= 11 is 5.99. The number of carboxylic acids is 1. The third-order valence-corrected chi connectivity index (χ3v) is 2.57. The lowest BCUT2D eigenvalue weighted by Crippen LogP contribution is -2.01. The number of halogens is 1. The minimum atomic E-state index is -1.10. The highest BCUT2D eigenvalue weighted by atomic mass is 35.5. The smallest absolute Gasteiger partial charge is 0.340 e. The number of hydrogen-bond acceptors (Lipinski definition) is 4. The molecule has 0 aliphatic carbocycles. The maximum atomic E-state index is 11.1. The predicted molar refractivity (Wildman–Crippen MR) is 60.5 cm³/mol. The Morgan fingerprint density at radius 3 is 2.82 bits per heavy atom. The summed E-state index contributed by atoms with van der Waals surface area (Å²) in [5.41, 5.74) is 0.438. The second-order valence-corrected chi connectivity index (χ2v) is 3.62. The molecule has 2 aromatic rings. The van der Waals surface area contributed by atoms with Crippen molar-refractivity contribution in [1.82, 2.24) is 20.0 Å². The summed E-state index contributed by atoms with van der Waals surface area (Å²) in [6.45, 7) is 1.81. The lowest BCUT2D eigenvalue weighted by atomic mass is 10.2. The molecule has 0 radical (unpaired) electrons. The zero-order valence-corrected chi connectivity index (χ0v) is 9.72. The fraction of sp³-hybridized carbons (Fsp3) is 0.200. The largest absolute Gasteiger partial charge is 0.478 e. The fourth-order valence-corrected chi connectivity index (χ4v) is 1.77. The molecule has 2 rings (SSSR count). The van der Waals surface area contributed by atoms with Gasteiger partial charge in [0.2, 0.25) is 0 Å². The topological polar surface area (TPSA) is 80.9 Å². The average Bonchev–Trinajstić information content (AvgIpc) is 2.67. The number of aryl methyl sites for hydroxylation is 1. The summed E-state index contributed by atoms with van der Waals surface area (Å²) in [7, 11) is 0. The van der Waals surface area contributed by atoms with Crippen LogP contribution in [0.1, 0.15) is 23.0 Å². The summed E-state index contributed by atoms with van der Waals surface area (Å²) in [5.74, 6) is -0.707. The third-order valence-electron chi connectivity index (χ3n) is 2.23. The number of aromatic nitrogens is 4. The molecule has 17 heavy (non-hydrogen) atoms. The van der Waals surface area contributed by atoms with Crippen molar-refractivity contribution in [2.24, 2.45) is 0 Å². The van der Waals surface area contributed by atoms with Gasteiger partial charge in [0, 0.05) is 6.20 Å². The Morgan fingerprint density at radius 1 is 1.59 bits per heavy atom. The average molecular weight is 253 g/mol. The van der Waals surface area contributed by atoms with E-state index >= 15 is 0 Å². The van der Waals surface area contributed by atoms with E-state index < -0.39 is 5.97 Å². The minimum Gasteiger partial charge on any atom is -0.478 e. The van der Waals surface area contributed by atoms with E-state index in [0.717, 1.165) is 0 Å². The van der Waals surface area contributed by atoms with Crippen LogP contribution in [0.15, 0.2) is 18.3 Å². The molecule has 2 aromatic heterocycles. The number of aromatic carboxylic acids is 1. The molecule has 6 nitrogen and oxygen atoms in total. The molecule has 0 amide bonds. The van der Waals surface area contributed by atoms with Gasteiger partial charge in [0.05, 0.1) is 5.69 Å². The molecule has 1 N–H and O–H groups in total. The highest BCUT2D eigenvalue weighted by molar-refractivity contribution is 6.32. The monoisotopic (exact) mass is 252 g/mol. The molecule has 0 aliphatic heterocycles. The van der Waals surface area contributed by atoms with Crippen molar-refractivity contribution in [3.63, 3.8) is 0 Å². The van der Waals surface area contributed by atoms with Gasteiger partial charge in [-0.15, -0.1) is 5.10 Å². The molecule has 0 unspecified atom stereocenters. The van der Waals surface area contributed by atoms with Crippen LogP contribution in [0.2, 0.25) is 5.15 Å². The molecule has 0 saturated heterocycles. The Labute approximate surface area is 102 Å². The summed E-state index contributed by atoms with van der Waals surface area (Å²) < 4.78 is 1.27. The highest BCUT2D eigenvalue weighted by Crippen LogP contribution is 2.23. The van der Waals surface area contributed by atoms with Gasteiger partial charge in [0.1, 0.15) is 10.7 Å². The van der Waals surface area contributed by atoms with Crippen LogP contribution in [0.3, 0.4) is 0 Å². The maximum absolute atomic E-state index is 11.1. The first-order valence-electron chi connectivity index (χ1n) is 4.94. The number of rotatable bonds is 3. The van der Waals surface area contributed by atoms with Crippen molar-refractivity contribution in [2.75, 3.05) is 0 Å². The highest BCUT2D eigenvalue weighted by Gasteiger charge is 2.22. The van der Waals surface area contributed by atoms with Gasteiger partial charge in [-0.3, -0.25) is 0 Å². The van der Waals surface area contributed by atoms with Gasteiger partial charge in [-0.25, -0.2) is 9.48 Å². The molecule has 0 bridgehead atoms. The Morgan fingerprint density at radius 2 is 2.35 bits per heavy atom. The molecular weight excluding hydrogens is 244 g/mol. The number of carboxylic acid groups (broad SMARTS) is 1. The van der Waals surface area contributed by atoms with Crippen molar-refractivity contribution in [1.29, 1.82) is 0 Å². The van der Waals surface area contributed by atoms with Crippen LogP contribution in [-0.2, 0) is 6.42 Å². The quantitative estimate of drug-likeness (QED) is 0.897. The Kier molecular flexibility index (Phi) is 3.06. The molecular formula is C10H9ClN4O2. The maximum Gasteiger partial charge on any atom is 0.340 e. The van der Waals surface area contributed by atoms with E-state index in [0.29, 0.717) is 17.9 Å². The van der Waals surface area contributed by atoms with Gasteiger partial charge in [-0.2, -0.15) is 10.2 Å². The van der Waals surface area contributed by atoms with Crippen molar-refractivity contribution in [2.45, 2.75) is 13.3 Å². The zero-order valence-electron chi connectivity index (χ0n) is 8.96. The van der Waals surface area contributed by atoms with E-state index in [4.69, 9.17) is 16.7 Å². The Bertz CT molecular complexity index is 553. The zero-order chi connectivity index (χ0) is 12.4. The van der Waals surface area contributed by atoms with E-state index in [-0.39, 0.29) is 10.7 Å². The van der Waals surface area contributed by atoms with Gasteiger partial charge in [-0.1, -0.05) is 18.5 Å². The van der Waals surface area contributed by atoms with Gasteiger partial charge in [0.25, 0.3) is 0 Å². The molecule has 0 fully saturated rings. The SMILES string of the molecule is CCc1nn(-c2cccnn2)c(Cl)c1C(=O)O. The van der Waals surface area contributed by atoms with Crippen LogP contribution >= 0.6 is 11.6 Å². The van der Waals surface area contributed by atoms with Crippen LogP contribution < -0.4 is 0 Å². The van der Waals surface area contributed by atoms with Gasteiger partial charge in [0.15, 0.2) is 5.82 Å². The van der Waals surface area contributed by atoms with Crippen molar-refractivity contribution >= 4 is 17.6 Å². The fourth-order valence-electron chi connectivity index (χ4n) is 1.46. The first-order valence-corrected chi connectivity index (χ1v) is 5.31. The lowest BCUT2D eigenvalue weighted by molar-refractivity contribution is 0.0696. The summed E-state index contributed by atoms with van der Waals surface area (Å²) in [6.07, 6.45) is 1.99. The minimum absolute atomic E-state index is 0.0137. The number of carbonyl (C=O) groups is 1. The summed E-state index contributed by atoms with van der Waals surface area (Å²) in [6, 6.07) is 3.32. The lowest BCUT2D eigenvalue weighted by Gasteiger charge is -1.99. The number of hydrogen-bond donors (Lipinski definition) is 1. The van der Waals surface area contributed by atoms with E-state index in [1.54, 1.807) is 12.1 Å². The third kappa shape index (κ3) is 1.99. The van der Waals surface area contributed by atoms with Crippen LogP contribution in [0.4, 0.5) is 0 Å². The van der Waals surface area contributed by atoms with Crippen molar-refractivity contribution in [3.8, 4) is 5.82 Å². The molecule has 2 heterocycles. The van der Waals surface area contributed by atoms with E-state index in [9.17, 15) is 4.79 Å². The predicted octanol–water partition coefficient (Wildman–Crippen LogP) is 1.58. The van der Waals surface area contributed by atoms with Crippen molar-refractivity contribution < 1.29 is 9.90 Å². The normalized spacial score (nSPS) is 10.5. The molecule has 0 saturated carbocycles. The van der Waals surface area contributed by atoms with Crippen LogP contribution in [0.25, 0.3) is 5.82 Å². The Hall–Kier alpha value is -1.95. The second-order valence-electron chi connectivity index (χ2n) is 3.26. The number of nitrogens with zero attached hydrogens (tertiary/aromatic N) is 4. The van der Waals surface area contributed by atoms with E-state index in [1.165, 1.54) is 10.9 Å². The summed E-state index contributed by atoms with van der Waals surface area (Å²) in [4.78, 5) is 11.1. The molecule has 0 atom stereocenters. The van der Waals surface area contributed by atoms with Crippen LogP contribution in [-0.4, -0.2) is 31.1 Å². The molecule has 88 valence electrons. The Balaban J connectivity index is 2.61. The summed E-state index contributed by atoms with van der Waals surface area (Å²) in [5, 5.41) is 20.7. The standard InChI is InChI=1S/C10H9ClN4O2/c1-2-6-8(10(16)17)9(11)15(14-6)7-4-3-5-12-13-7/h3-5H,2H2,1H3,(H,16,17). The molecule has 0 aromatic carbocycles. The first-order chi connectivity index (χ1) is 8.15. The van der Waals surface area contributed by atoms with Gasteiger partial charge < -0.3 is 5.11 Å². The van der Waals surface area contributed by atoms with Gasteiger partial charge >= 0.3 is 5.97 Å². The van der Waals surface area contributed by atoms with E-state index in [2.05, 4.69) is 15.3 Å². The molecule has 0 spiro atoms. The molecule has 7 heteroatoms.